The van der Waals surface area contributed by atoms with E-state index in [1.807, 2.05) is 4.90 Å². The van der Waals surface area contributed by atoms with E-state index in [9.17, 15) is 13.2 Å². The Hall–Kier alpha value is -1.11. The van der Waals surface area contributed by atoms with Gasteiger partial charge in [0.05, 0.1) is 12.5 Å². The van der Waals surface area contributed by atoms with Crippen molar-refractivity contribution < 1.29 is 13.2 Å². The zero-order chi connectivity index (χ0) is 13.5. The lowest BCUT2D eigenvalue weighted by molar-refractivity contribution is -0.187. The normalized spacial score (nSPS) is 24.7. The van der Waals surface area contributed by atoms with E-state index in [1.165, 1.54) is 0 Å². The first-order valence-electron chi connectivity index (χ1n) is 6.74. The molecular weight excluding hydrogens is 257 g/mol. The van der Waals surface area contributed by atoms with Crippen molar-refractivity contribution >= 4 is 0 Å². The highest BCUT2D eigenvalue weighted by Gasteiger charge is 2.41. The summed E-state index contributed by atoms with van der Waals surface area (Å²) >= 11 is 0. The van der Waals surface area contributed by atoms with Gasteiger partial charge in [0.1, 0.15) is 11.6 Å². The first kappa shape index (κ1) is 12.9. The second-order valence-corrected chi connectivity index (χ2v) is 5.40. The number of fused-ring (bicyclic) bond motifs is 1. The van der Waals surface area contributed by atoms with Crippen LogP contribution in [0.2, 0.25) is 0 Å². The third-order valence-corrected chi connectivity index (χ3v) is 4.02. The van der Waals surface area contributed by atoms with Crippen molar-refractivity contribution in [3.63, 3.8) is 0 Å². The Morgan fingerprint density at radius 3 is 2.79 bits per heavy atom. The molecule has 3 heterocycles. The Bertz CT molecular complexity index is 454. The van der Waals surface area contributed by atoms with E-state index < -0.39 is 12.1 Å². The average Bonchev–Trinajstić information content (AvgIpc) is 2.93. The van der Waals surface area contributed by atoms with Crippen LogP contribution in [0.1, 0.15) is 30.9 Å². The Labute approximate surface area is 109 Å². The van der Waals surface area contributed by atoms with Gasteiger partial charge in [-0.15, -0.1) is 10.2 Å². The number of halogens is 3. The quantitative estimate of drug-likeness (QED) is 0.827. The minimum atomic E-state index is -4.08. The Balaban J connectivity index is 1.66. The summed E-state index contributed by atoms with van der Waals surface area (Å²) in [6, 6.07) is 0. The van der Waals surface area contributed by atoms with Crippen LogP contribution in [0, 0.1) is 5.92 Å². The van der Waals surface area contributed by atoms with Gasteiger partial charge in [0.2, 0.25) is 0 Å². The molecule has 2 aliphatic heterocycles. The van der Waals surface area contributed by atoms with Gasteiger partial charge in [-0.2, -0.15) is 13.2 Å². The molecule has 1 saturated heterocycles. The summed E-state index contributed by atoms with van der Waals surface area (Å²) in [5, 5.41) is 8.20. The molecule has 1 unspecified atom stereocenters. The second kappa shape index (κ2) is 4.77. The fourth-order valence-corrected chi connectivity index (χ4v) is 2.99. The number of piperidine rings is 1. The molecule has 19 heavy (non-hydrogen) atoms. The van der Waals surface area contributed by atoms with Crippen molar-refractivity contribution in [2.75, 3.05) is 13.1 Å². The molecule has 0 aromatic carbocycles. The smallest absolute Gasteiger partial charge is 0.314 e. The largest absolute Gasteiger partial charge is 0.393 e. The highest BCUT2D eigenvalue weighted by molar-refractivity contribution is 5.00. The van der Waals surface area contributed by atoms with E-state index in [2.05, 4.69) is 14.8 Å². The van der Waals surface area contributed by atoms with Gasteiger partial charge in [0, 0.05) is 19.5 Å². The summed E-state index contributed by atoms with van der Waals surface area (Å²) in [4.78, 5) is 1.86. The monoisotopic (exact) mass is 274 g/mol. The minimum absolute atomic E-state index is 0.0890. The summed E-state index contributed by atoms with van der Waals surface area (Å²) in [7, 11) is 0. The zero-order valence-corrected chi connectivity index (χ0v) is 10.7. The van der Waals surface area contributed by atoms with Crippen molar-refractivity contribution in [3.05, 3.63) is 11.6 Å². The first-order valence-corrected chi connectivity index (χ1v) is 6.74. The number of nitrogens with zero attached hydrogens (tertiary/aromatic N) is 4. The Morgan fingerprint density at radius 1 is 1.16 bits per heavy atom. The van der Waals surface area contributed by atoms with E-state index >= 15 is 0 Å². The second-order valence-electron chi connectivity index (χ2n) is 5.40. The molecule has 2 aliphatic rings. The Morgan fingerprint density at radius 2 is 2.00 bits per heavy atom. The molecule has 0 bridgehead atoms. The summed E-state index contributed by atoms with van der Waals surface area (Å²) in [6.45, 7) is 2.19. The van der Waals surface area contributed by atoms with Crippen molar-refractivity contribution in [1.29, 1.82) is 0 Å². The number of rotatable bonds is 2. The van der Waals surface area contributed by atoms with E-state index in [4.69, 9.17) is 0 Å². The van der Waals surface area contributed by atoms with E-state index in [-0.39, 0.29) is 13.0 Å². The predicted molar refractivity (Wildman–Crippen MR) is 62.4 cm³/mol. The van der Waals surface area contributed by atoms with Crippen LogP contribution in [-0.4, -0.2) is 38.9 Å². The van der Waals surface area contributed by atoms with Crippen molar-refractivity contribution in [2.24, 2.45) is 5.92 Å². The molecule has 0 N–H and O–H groups in total. The maximum Gasteiger partial charge on any atom is 0.393 e. The number of hydrogen-bond acceptors (Lipinski definition) is 3. The molecule has 106 valence electrons. The molecule has 1 aromatic rings. The van der Waals surface area contributed by atoms with Gasteiger partial charge in [-0.1, -0.05) is 0 Å². The zero-order valence-electron chi connectivity index (χ0n) is 10.7. The highest BCUT2D eigenvalue weighted by atomic mass is 19.4. The van der Waals surface area contributed by atoms with Crippen LogP contribution in [0.5, 0.6) is 0 Å². The van der Waals surface area contributed by atoms with Crippen LogP contribution < -0.4 is 0 Å². The van der Waals surface area contributed by atoms with Crippen LogP contribution in [-0.2, 0) is 19.5 Å². The average molecular weight is 274 g/mol. The summed E-state index contributed by atoms with van der Waals surface area (Å²) < 4.78 is 40.3. The van der Waals surface area contributed by atoms with Gasteiger partial charge in [0.15, 0.2) is 0 Å². The lowest BCUT2D eigenvalue weighted by Gasteiger charge is -2.33. The molecule has 1 aromatic heterocycles. The van der Waals surface area contributed by atoms with Gasteiger partial charge >= 0.3 is 6.18 Å². The van der Waals surface area contributed by atoms with E-state index in [0.29, 0.717) is 13.0 Å². The minimum Gasteiger partial charge on any atom is -0.314 e. The summed E-state index contributed by atoms with van der Waals surface area (Å²) in [5.74, 6) is 0.594. The van der Waals surface area contributed by atoms with E-state index in [0.717, 1.165) is 37.6 Å². The molecule has 7 heteroatoms. The van der Waals surface area contributed by atoms with Gasteiger partial charge in [-0.05, 0) is 25.8 Å². The van der Waals surface area contributed by atoms with Crippen molar-refractivity contribution in [2.45, 2.75) is 44.9 Å². The Kier molecular flexibility index (Phi) is 3.24. The molecule has 1 fully saturated rings. The molecule has 0 spiro atoms. The first-order chi connectivity index (χ1) is 9.04. The topological polar surface area (TPSA) is 34.0 Å². The van der Waals surface area contributed by atoms with Crippen LogP contribution in [0.25, 0.3) is 0 Å². The lowest BCUT2D eigenvalue weighted by Crippen LogP contribution is -2.41. The van der Waals surface area contributed by atoms with Crippen molar-refractivity contribution in [1.82, 2.24) is 19.7 Å². The lowest BCUT2D eigenvalue weighted by atomic mass is 9.97. The molecule has 0 amide bonds. The molecule has 0 radical (unpaired) electrons. The fourth-order valence-electron chi connectivity index (χ4n) is 2.99. The van der Waals surface area contributed by atoms with E-state index in [1.54, 1.807) is 0 Å². The van der Waals surface area contributed by atoms with Crippen molar-refractivity contribution in [3.8, 4) is 0 Å². The standard InChI is InChI=1S/C12H17F3N4/c13-12(14,15)9-3-1-5-18(7-9)8-11-17-16-10-4-2-6-19(10)11/h9H,1-8H2. The number of likely N-dealkylation sites (tertiary alicyclic amines) is 1. The van der Waals surface area contributed by atoms with Gasteiger partial charge in [0.25, 0.3) is 0 Å². The summed E-state index contributed by atoms with van der Waals surface area (Å²) in [5.41, 5.74) is 0. The molecule has 0 aliphatic carbocycles. The van der Waals surface area contributed by atoms with Gasteiger partial charge in [-0.25, -0.2) is 0 Å². The molecular formula is C12H17F3N4. The van der Waals surface area contributed by atoms with Gasteiger partial charge < -0.3 is 4.57 Å². The van der Waals surface area contributed by atoms with Gasteiger partial charge in [-0.3, -0.25) is 4.90 Å². The maximum absolute atomic E-state index is 12.8. The van der Waals surface area contributed by atoms with Crippen LogP contribution >= 0.6 is 0 Å². The maximum atomic E-state index is 12.8. The number of aryl methyl sites for hydroxylation is 1. The SMILES string of the molecule is FC(F)(F)C1CCCN(Cc2nnc3n2CCC3)C1. The summed E-state index contributed by atoms with van der Waals surface area (Å²) in [6.07, 6.45) is -1.24. The number of alkyl halides is 3. The van der Waals surface area contributed by atoms with Crippen LogP contribution in [0.4, 0.5) is 13.2 Å². The predicted octanol–water partition coefficient (Wildman–Crippen LogP) is 2.00. The molecule has 3 rings (SSSR count). The van der Waals surface area contributed by atoms with Crippen LogP contribution in [0.3, 0.4) is 0 Å². The fraction of sp³-hybridized carbons (Fsp3) is 0.833. The molecule has 4 nitrogen and oxygen atoms in total. The number of aromatic nitrogens is 3. The molecule has 1 atom stereocenters. The third-order valence-electron chi connectivity index (χ3n) is 4.02. The van der Waals surface area contributed by atoms with Crippen LogP contribution in [0.15, 0.2) is 0 Å². The number of hydrogen-bond donors (Lipinski definition) is 0. The third kappa shape index (κ3) is 2.61. The highest BCUT2D eigenvalue weighted by Crippen LogP contribution is 2.33. The molecule has 0 saturated carbocycles.